The SMILES string of the molecule is CC(NC(=O)C(F)(F)F)c1ncc[nH]1. The van der Waals surface area contributed by atoms with Gasteiger partial charge in [-0.2, -0.15) is 13.2 Å². The van der Waals surface area contributed by atoms with Crippen LogP contribution in [0.2, 0.25) is 0 Å². The van der Waals surface area contributed by atoms with Gasteiger partial charge in [-0.3, -0.25) is 4.79 Å². The number of aromatic nitrogens is 2. The standard InChI is InChI=1S/C7H8F3N3O/c1-4(5-11-2-3-12-5)13-6(14)7(8,9)10/h2-4H,1H3,(H,11,12)(H,13,14). The molecule has 1 heterocycles. The van der Waals surface area contributed by atoms with Crippen LogP contribution in [0.1, 0.15) is 18.8 Å². The van der Waals surface area contributed by atoms with E-state index in [0.717, 1.165) is 0 Å². The van der Waals surface area contributed by atoms with Crippen molar-refractivity contribution >= 4 is 5.91 Å². The van der Waals surface area contributed by atoms with E-state index >= 15 is 0 Å². The van der Waals surface area contributed by atoms with E-state index in [1.54, 1.807) is 5.32 Å². The van der Waals surface area contributed by atoms with Gasteiger partial charge in [-0.1, -0.05) is 0 Å². The fraction of sp³-hybridized carbons (Fsp3) is 0.429. The van der Waals surface area contributed by atoms with Crippen LogP contribution in [-0.4, -0.2) is 22.1 Å². The van der Waals surface area contributed by atoms with Crippen LogP contribution in [0, 0.1) is 0 Å². The number of aromatic amines is 1. The highest BCUT2D eigenvalue weighted by Gasteiger charge is 2.39. The number of alkyl halides is 3. The molecule has 1 amide bonds. The average molecular weight is 207 g/mol. The van der Waals surface area contributed by atoms with E-state index in [1.807, 2.05) is 0 Å². The molecule has 0 aliphatic rings. The number of rotatable bonds is 2. The van der Waals surface area contributed by atoms with Gasteiger partial charge in [0.25, 0.3) is 0 Å². The lowest BCUT2D eigenvalue weighted by Crippen LogP contribution is -2.38. The predicted molar refractivity (Wildman–Crippen MR) is 41.2 cm³/mol. The third kappa shape index (κ3) is 2.48. The Morgan fingerprint density at radius 3 is 2.71 bits per heavy atom. The number of nitrogens with zero attached hydrogens (tertiary/aromatic N) is 1. The Kier molecular flexibility index (Phi) is 2.78. The minimum atomic E-state index is -4.86. The Morgan fingerprint density at radius 1 is 1.64 bits per heavy atom. The van der Waals surface area contributed by atoms with Gasteiger partial charge in [0.1, 0.15) is 5.82 Å². The molecule has 0 spiro atoms. The van der Waals surface area contributed by atoms with Crippen molar-refractivity contribution < 1.29 is 18.0 Å². The van der Waals surface area contributed by atoms with Crippen LogP contribution in [-0.2, 0) is 4.79 Å². The molecular weight excluding hydrogens is 199 g/mol. The first-order valence-electron chi connectivity index (χ1n) is 3.78. The first-order valence-corrected chi connectivity index (χ1v) is 3.78. The van der Waals surface area contributed by atoms with E-state index in [0.29, 0.717) is 0 Å². The summed E-state index contributed by atoms with van der Waals surface area (Å²) in [7, 11) is 0. The van der Waals surface area contributed by atoms with Crippen molar-refractivity contribution in [2.75, 3.05) is 0 Å². The van der Waals surface area contributed by atoms with Gasteiger partial charge in [-0.15, -0.1) is 0 Å². The smallest absolute Gasteiger partial charge is 0.347 e. The van der Waals surface area contributed by atoms with E-state index in [1.165, 1.54) is 19.3 Å². The fourth-order valence-electron chi connectivity index (χ4n) is 0.861. The van der Waals surface area contributed by atoms with Gasteiger partial charge in [-0.05, 0) is 6.92 Å². The van der Waals surface area contributed by atoms with Crippen molar-refractivity contribution in [3.63, 3.8) is 0 Å². The zero-order valence-electron chi connectivity index (χ0n) is 7.22. The molecular formula is C7H8F3N3O. The molecule has 1 atom stereocenters. The number of imidazole rings is 1. The Morgan fingerprint density at radius 2 is 2.29 bits per heavy atom. The number of H-pyrrole nitrogens is 1. The van der Waals surface area contributed by atoms with Crippen molar-refractivity contribution in [1.82, 2.24) is 15.3 Å². The molecule has 14 heavy (non-hydrogen) atoms. The average Bonchev–Trinajstić information content (AvgIpc) is 2.53. The largest absolute Gasteiger partial charge is 0.471 e. The van der Waals surface area contributed by atoms with Crippen LogP contribution < -0.4 is 5.32 Å². The molecule has 0 saturated heterocycles. The summed E-state index contributed by atoms with van der Waals surface area (Å²) in [6, 6.07) is -0.792. The Labute approximate surface area is 77.5 Å². The van der Waals surface area contributed by atoms with Crippen LogP contribution in [0.15, 0.2) is 12.4 Å². The van der Waals surface area contributed by atoms with Gasteiger partial charge in [0.05, 0.1) is 6.04 Å². The van der Waals surface area contributed by atoms with Gasteiger partial charge >= 0.3 is 12.1 Å². The number of hydrogen-bond acceptors (Lipinski definition) is 2. The van der Waals surface area contributed by atoms with Crippen molar-refractivity contribution in [2.24, 2.45) is 0 Å². The Balaban J connectivity index is 2.58. The van der Waals surface area contributed by atoms with Crippen LogP contribution in [0.4, 0.5) is 13.2 Å². The number of amides is 1. The minimum absolute atomic E-state index is 0.280. The van der Waals surface area contributed by atoms with Crippen molar-refractivity contribution in [1.29, 1.82) is 0 Å². The monoisotopic (exact) mass is 207 g/mol. The molecule has 0 radical (unpaired) electrons. The summed E-state index contributed by atoms with van der Waals surface area (Å²) < 4.78 is 35.4. The van der Waals surface area contributed by atoms with E-state index in [9.17, 15) is 18.0 Å². The number of carbonyl (C=O) groups is 1. The lowest BCUT2D eigenvalue weighted by Gasteiger charge is -2.12. The first kappa shape index (κ1) is 10.6. The summed E-state index contributed by atoms with van der Waals surface area (Å²) in [5.74, 6) is -1.69. The topological polar surface area (TPSA) is 57.8 Å². The van der Waals surface area contributed by atoms with Gasteiger partial charge in [-0.25, -0.2) is 4.98 Å². The maximum Gasteiger partial charge on any atom is 0.471 e. The third-order valence-corrected chi connectivity index (χ3v) is 1.53. The normalized spacial score (nSPS) is 13.7. The van der Waals surface area contributed by atoms with Crippen molar-refractivity contribution in [3.8, 4) is 0 Å². The molecule has 0 fully saturated rings. The molecule has 2 N–H and O–H groups in total. The number of halogens is 3. The second kappa shape index (κ2) is 3.69. The van der Waals surface area contributed by atoms with E-state index in [4.69, 9.17) is 0 Å². The fourth-order valence-corrected chi connectivity index (χ4v) is 0.861. The van der Waals surface area contributed by atoms with Gasteiger partial charge in [0, 0.05) is 12.4 Å². The highest BCUT2D eigenvalue weighted by Crippen LogP contribution is 2.16. The molecule has 0 bridgehead atoms. The number of carbonyl (C=O) groups excluding carboxylic acids is 1. The Hall–Kier alpha value is -1.53. The molecule has 1 aromatic rings. The maximum absolute atomic E-state index is 11.8. The molecule has 1 rings (SSSR count). The van der Waals surface area contributed by atoms with Crippen LogP contribution >= 0.6 is 0 Å². The maximum atomic E-state index is 11.8. The number of hydrogen-bond donors (Lipinski definition) is 2. The van der Waals surface area contributed by atoms with E-state index in [-0.39, 0.29) is 5.82 Å². The summed E-state index contributed by atoms with van der Waals surface area (Å²) in [4.78, 5) is 16.8. The van der Waals surface area contributed by atoms with Gasteiger partial charge in [0.15, 0.2) is 0 Å². The molecule has 0 aliphatic heterocycles. The van der Waals surface area contributed by atoms with Crippen LogP contribution in [0.3, 0.4) is 0 Å². The minimum Gasteiger partial charge on any atom is -0.347 e. The van der Waals surface area contributed by atoms with Crippen molar-refractivity contribution in [3.05, 3.63) is 18.2 Å². The molecule has 1 aromatic heterocycles. The highest BCUT2D eigenvalue weighted by molar-refractivity contribution is 5.81. The second-order valence-corrected chi connectivity index (χ2v) is 2.67. The lowest BCUT2D eigenvalue weighted by molar-refractivity contribution is -0.174. The number of nitrogens with one attached hydrogen (secondary N) is 2. The molecule has 7 heteroatoms. The molecule has 0 aromatic carbocycles. The summed E-state index contributed by atoms with van der Waals surface area (Å²) in [6.45, 7) is 1.41. The van der Waals surface area contributed by atoms with Gasteiger partial charge in [0.2, 0.25) is 0 Å². The predicted octanol–water partition coefficient (Wildman–Crippen LogP) is 1.15. The highest BCUT2D eigenvalue weighted by atomic mass is 19.4. The lowest BCUT2D eigenvalue weighted by atomic mass is 10.3. The molecule has 4 nitrogen and oxygen atoms in total. The molecule has 78 valence electrons. The van der Waals surface area contributed by atoms with Gasteiger partial charge < -0.3 is 10.3 Å². The first-order chi connectivity index (χ1) is 6.41. The third-order valence-electron chi connectivity index (χ3n) is 1.53. The summed E-state index contributed by atoms with van der Waals surface area (Å²) in [5, 5.41) is 1.76. The van der Waals surface area contributed by atoms with E-state index in [2.05, 4.69) is 9.97 Å². The molecule has 0 aliphatic carbocycles. The molecule has 0 saturated carbocycles. The van der Waals surface area contributed by atoms with Crippen LogP contribution in [0.5, 0.6) is 0 Å². The van der Waals surface area contributed by atoms with E-state index < -0.39 is 18.1 Å². The summed E-state index contributed by atoms with van der Waals surface area (Å²) in [5.41, 5.74) is 0. The quantitative estimate of drug-likeness (QED) is 0.764. The summed E-state index contributed by atoms with van der Waals surface area (Å²) >= 11 is 0. The molecule has 1 unspecified atom stereocenters. The second-order valence-electron chi connectivity index (χ2n) is 2.67. The Bertz CT molecular complexity index is 306. The zero-order chi connectivity index (χ0) is 10.8. The van der Waals surface area contributed by atoms with Crippen molar-refractivity contribution in [2.45, 2.75) is 19.1 Å². The zero-order valence-corrected chi connectivity index (χ0v) is 7.22. The summed E-state index contributed by atoms with van der Waals surface area (Å²) in [6.07, 6.45) is -2.00. The van der Waals surface area contributed by atoms with Crippen LogP contribution in [0.25, 0.3) is 0 Å².